The first-order valence-corrected chi connectivity index (χ1v) is 6.19. The molecule has 0 saturated carbocycles. The van der Waals surface area contributed by atoms with Crippen LogP contribution in [0.15, 0.2) is 22.8 Å². The summed E-state index contributed by atoms with van der Waals surface area (Å²) in [6.45, 7) is 0. The molecule has 1 heteroatoms. The molecule has 0 unspecified atom stereocenters. The van der Waals surface area contributed by atoms with Gasteiger partial charge in [-0.3, -0.25) is 0 Å². The lowest BCUT2D eigenvalue weighted by Crippen LogP contribution is -2.08. The monoisotopic (exact) mass is 180 g/mol. The predicted molar refractivity (Wildman–Crippen MR) is 56.6 cm³/mol. The zero-order valence-corrected chi connectivity index (χ0v) is 8.54. The Balaban J connectivity index is 1.95. The quantitative estimate of drug-likeness (QED) is 0.640. The van der Waals surface area contributed by atoms with Gasteiger partial charge in [0.05, 0.1) is 0 Å². The van der Waals surface area contributed by atoms with E-state index >= 15 is 0 Å². The molecule has 12 heavy (non-hydrogen) atoms. The Morgan fingerprint density at radius 3 is 2.67 bits per heavy atom. The molecular weight excluding hydrogens is 164 g/mol. The average molecular weight is 180 g/mol. The third-order valence-corrected chi connectivity index (χ3v) is 3.52. The maximum Gasteiger partial charge on any atom is -0.00329 e. The summed E-state index contributed by atoms with van der Waals surface area (Å²) in [6, 6.07) is 0. The normalized spacial score (nSPS) is 21.6. The summed E-state index contributed by atoms with van der Waals surface area (Å²) in [5, 5.41) is 0. The molecule has 0 amide bonds. The highest BCUT2D eigenvalue weighted by atomic mass is 32.2. The summed E-state index contributed by atoms with van der Waals surface area (Å²) in [6.07, 6.45) is 11.4. The molecule has 66 valence electrons. The maximum absolute atomic E-state index is 2.47. The molecule has 0 aromatic heterocycles. The van der Waals surface area contributed by atoms with Gasteiger partial charge in [0, 0.05) is 0 Å². The van der Waals surface area contributed by atoms with Crippen LogP contribution in [-0.2, 0) is 0 Å². The van der Waals surface area contributed by atoms with E-state index in [-0.39, 0.29) is 0 Å². The molecule has 2 aliphatic carbocycles. The molecular formula is C11H16S. The Labute approximate surface area is 79.1 Å². The molecule has 0 atom stereocenters. The van der Waals surface area contributed by atoms with Gasteiger partial charge in [-0.15, -0.1) is 0 Å². The van der Waals surface area contributed by atoms with E-state index in [1.807, 2.05) is 11.8 Å². The standard InChI is InChI=1S/C11H16S/c1-12-7-6-9-2-3-10-4-5-11(10)8-9/h8H,2-7H2,1H3. The van der Waals surface area contributed by atoms with Crippen molar-refractivity contribution in [3.05, 3.63) is 22.8 Å². The first-order valence-electron chi connectivity index (χ1n) is 4.79. The van der Waals surface area contributed by atoms with Gasteiger partial charge in [0.1, 0.15) is 0 Å². The first-order chi connectivity index (χ1) is 5.90. The van der Waals surface area contributed by atoms with Crippen LogP contribution < -0.4 is 0 Å². The fraction of sp³-hybridized carbons (Fsp3) is 0.636. The minimum Gasteiger partial charge on any atom is -0.165 e. The van der Waals surface area contributed by atoms with Gasteiger partial charge in [0.15, 0.2) is 0 Å². The van der Waals surface area contributed by atoms with Crippen LogP contribution in [0.5, 0.6) is 0 Å². The lowest BCUT2D eigenvalue weighted by molar-refractivity contribution is 0.706. The average Bonchev–Trinajstić information content (AvgIpc) is 2.05. The molecule has 0 saturated heterocycles. The Hall–Kier alpha value is -0.170. The summed E-state index contributed by atoms with van der Waals surface area (Å²) >= 11 is 1.96. The van der Waals surface area contributed by atoms with E-state index in [9.17, 15) is 0 Å². The van der Waals surface area contributed by atoms with Crippen molar-refractivity contribution in [2.75, 3.05) is 12.0 Å². The lowest BCUT2D eigenvalue weighted by atomic mass is 9.79. The van der Waals surface area contributed by atoms with E-state index in [1.165, 1.54) is 37.9 Å². The van der Waals surface area contributed by atoms with E-state index in [0.29, 0.717) is 0 Å². The summed E-state index contributed by atoms with van der Waals surface area (Å²) in [7, 11) is 0. The van der Waals surface area contributed by atoms with Crippen molar-refractivity contribution in [2.24, 2.45) is 0 Å². The number of hydrogen-bond donors (Lipinski definition) is 0. The Morgan fingerprint density at radius 2 is 2.08 bits per heavy atom. The summed E-state index contributed by atoms with van der Waals surface area (Å²) in [5.41, 5.74) is 5.13. The third kappa shape index (κ3) is 1.61. The van der Waals surface area contributed by atoms with E-state index in [2.05, 4.69) is 12.3 Å². The number of allylic oxidation sites excluding steroid dienone is 4. The van der Waals surface area contributed by atoms with E-state index in [1.54, 1.807) is 16.7 Å². The Morgan fingerprint density at radius 1 is 1.25 bits per heavy atom. The number of rotatable bonds is 3. The van der Waals surface area contributed by atoms with E-state index in [4.69, 9.17) is 0 Å². The predicted octanol–water partition coefficient (Wildman–Crippen LogP) is 3.55. The highest BCUT2D eigenvalue weighted by molar-refractivity contribution is 7.98. The molecule has 0 bridgehead atoms. The summed E-state index contributed by atoms with van der Waals surface area (Å²) in [5.74, 6) is 1.30. The Bertz CT molecular complexity index is 235. The van der Waals surface area contributed by atoms with Gasteiger partial charge in [-0.05, 0) is 49.7 Å². The van der Waals surface area contributed by atoms with Gasteiger partial charge in [-0.1, -0.05) is 17.2 Å². The van der Waals surface area contributed by atoms with Gasteiger partial charge in [-0.25, -0.2) is 0 Å². The van der Waals surface area contributed by atoms with Crippen molar-refractivity contribution in [1.82, 2.24) is 0 Å². The largest absolute Gasteiger partial charge is 0.165 e. The van der Waals surface area contributed by atoms with Crippen molar-refractivity contribution in [3.63, 3.8) is 0 Å². The molecule has 0 aromatic rings. The van der Waals surface area contributed by atoms with Crippen LogP contribution in [0.25, 0.3) is 0 Å². The van der Waals surface area contributed by atoms with Gasteiger partial charge < -0.3 is 0 Å². The van der Waals surface area contributed by atoms with Crippen LogP contribution in [0.4, 0.5) is 0 Å². The second-order valence-electron chi connectivity index (χ2n) is 3.67. The van der Waals surface area contributed by atoms with Crippen molar-refractivity contribution in [3.8, 4) is 0 Å². The van der Waals surface area contributed by atoms with Gasteiger partial charge in [0.25, 0.3) is 0 Å². The maximum atomic E-state index is 2.47. The highest BCUT2D eigenvalue weighted by Gasteiger charge is 2.19. The lowest BCUT2D eigenvalue weighted by Gasteiger charge is -2.27. The minimum absolute atomic E-state index is 1.30. The minimum atomic E-state index is 1.30. The SMILES string of the molecule is CSCCC1=CC2=C(CC1)CC2. The van der Waals surface area contributed by atoms with Crippen molar-refractivity contribution in [1.29, 1.82) is 0 Å². The Kier molecular flexibility index (Phi) is 2.60. The highest BCUT2D eigenvalue weighted by Crippen LogP contribution is 2.38. The molecule has 2 aliphatic rings. The molecule has 0 N–H and O–H groups in total. The van der Waals surface area contributed by atoms with Crippen LogP contribution in [0, 0.1) is 0 Å². The third-order valence-electron chi connectivity index (χ3n) is 2.90. The smallest absolute Gasteiger partial charge is 0.00329 e. The number of thioether (sulfide) groups is 1. The summed E-state index contributed by atoms with van der Waals surface area (Å²) in [4.78, 5) is 0. The molecule has 2 rings (SSSR count). The zero-order valence-electron chi connectivity index (χ0n) is 7.73. The van der Waals surface area contributed by atoms with Crippen LogP contribution in [-0.4, -0.2) is 12.0 Å². The topological polar surface area (TPSA) is 0 Å². The molecule has 0 nitrogen and oxygen atoms in total. The van der Waals surface area contributed by atoms with Crippen molar-refractivity contribution in [2.45, 2.75) is 32.1 Å². The molecule has 0 aromatic carbocycles. The van der Waals surface area contributed by atoms with Crippen LogP contribution in [0.2, 0.25) is 0 Å². The second-order valence-corrected chi connectivity index (χ2v) is 4.66. The second kappa shape index (κ2) is 3.69. The fourth-order valence-corrected chi connectivity index (χ4v) is 2.43. The van der Waals surface area contributed by atoms with Crippen LogP contribution in [0.1, 0.15) is 32.1 Å². The zero-order chi connectivity index (χ0) is 8.39. The molecule has 0 fully saturated rings. The first kappa shape index (κ1) is 8.43. The van der Waals surface area contributed by atoms with E-state index < -0.39 is 0 Å². The van der Waals surface area contributed by atoms with Crippen molar-refractivity contribution < 1.29 is 0 Å². The fourth-order valence-electron chi connectivity index (χ4n) is 1.97. The molecule has 0 spiro atoms. The van der Waals surface area contributed by atoms with Crippen molar-refractivity contribution >= 4 is 11.8 Å². The van der Waals surface area contributed by atoms with E-state index in [0.717, 1.165) is 0 Å². The summed E-state index contributed by atoms with van der Waals surface area (Å²) < 4.78 is 0. The molecule has 0 radical (unpaired) electrons. The van der Waals surface area contributed by atoms with Gasteiger partial charge in [0.2, 0.25) is 0 Å². The molecule has 0 aliphatic heterocycles. The van der Waals surface area contributed by atoms with Crippen LogP contribution >= 0.6 is 11.8 Å². The van der Waals surface area contributed by atoms with Gasteiger partial charge >= 0.3 is 0 Å². The number of hydrogen-bond acceptors (Lipinski definition) is 1. The van der Waals surface area contributed by atoms with Gasteiger partial charge in [-0.2, -0.15) is 11.8 Å². The molecule has 0 heterocycles. The van der Waals surface area contributed by atoms with Crippen LogP contribution in [0.3, 0.4) is 0 Å².